The second-order valence-corrected chi connectivity index (χ2v) is 5.54. The van der Waals surface area contributed by atoms with Crippen molar-refractivity contribution >= 4 is 0 Å². The van der Waals surface area contributed by atoms with Gasteiger partial charge >= 0.3 is 24.2 Å². The van der Waals surface area contributed by atoms with Crippen LogP contribution in [-0.2, 0) is 16.3 Å². The van der Waals surface area contributed by atoms with Gasteiger partial charge in [-0.2, -0.15) is 43.9 Å². The zero-order valence-corrected chi connectivity index (χ0v) is 12.6. The van der Waals surface area contributed by atoms with Crippen molar-refractivity contribution in [1.29, 1.82) is 0 Å². The summed E-state index contributed by atoms with van der Waals surface area (Å²) >= 11 is 0. The Bertz CT molecular complexity index is 790. The summed E-state index contributed by atoms with van der Waals surface area (Å²) in [6, 6.07) is 0. The van der Waals surface area contributed by atoms with Crippen molar-refractivity contribution in [3.63, 3.8) is 0 Å². The zero-order chi connectivity index (χ0) is 23.2. The van der Waals surface area contributed by atoms with Crippen LogP contribution in [-0.4, -0.2) is 34.4 Å². The topological polar surface area (TPSA) is 49.7 Å². The summed E-state index contributed by atoms with van der Waals surface area (Å²) in [5, 5.41) is 18.9. The standard InChI is InChI=1S/C12H2F14O3/c13-3-1-2(4(14)6(16)5(3)15)8(28,10(19,20)12(24,25)26)29-7(1,27)9(17,18)11(21,22)23/h27-28H. The Hall–Kier alpha value is -1.88. The van der Waals surface area contributed by atoms with E-state index in [0.29, 0.717) is 0 Å². The largest absolute Gasteiger partial charge is 0.459 e. The number of ether oxygens (including phenoxy) is 1. The second kappa shape index (κ2) is 5.84. The van der Waals surface area contributed by atoms with Gasteiger partial charge in [-0.05, 0) is 0 Å². The SMILES string of the molecule is OC1(C(F)(F)C(F)(F)F)OC(O)(C(F)(F)C(F)(F)F)c2c(F)c(F)c(F)c(F)c21. The first-order valence-corrected chi connectivity index (χ1v) is 6.50. The molecule has 0 amide bonds. The van der Waals surface area contributed by atoms with Gasteiger partial charge in [0.25, 0.3) is 11.6 Å². The Morgan fingerprint density at radius 1 is 0.517 bits per heavy atom. The zero-order valence-electron chi connectivity index (χ0n) is 12.6. The quantitative estimate of drug-likeness (QED) is 0.400. The van der Waals surface area contributed by atoms with Gasteiger partial charge in [0.15, 0.2) is 23.3 Å². The Morgan fingerprint density at radius 2 is 0.759 bits per heavy atom. The third-order valence-electron chi connectivity index (χ3n) is 3.80. The molecule has 0 saturated heterocycles. The number of fused-ring (bicyclic) bond motifs is 1. The third kappa shape index (κ3) is 2.62. The van der Waals surface area contributed by atoms with Crippen LogP contribution in [0.15, 0.2) is 0 Å². The minimum atomic E-state index is -7.13. The van der Waals surface area contributed by atoms with Gasteiger partial charge in [-0.3, -0.25) is 4.74 Å². The second-order valence-electron chi connectivity index (χ2n) is 5.54. The lowest BCUT2D eigenvalue weighted by Crippen LogP contribution is -2.60. The molecule has 0 saturated carbocycles. The third-order valence-corrected chi connectivity index (χ3v) is 3.80. The van der Waals surface area contributed by atoms with Crippen LogP contribution in [0.4, 0.5) is 61.5 Å². The maximum atomic E-state index is 13.8. The van der Waals surface area contributed by atoms with Crippen molar-refractivity contribution in [2.75, 3.05) is 0 Å². The predicted molar refractivity (Wildman–Crippen MR) is 57.2 cm³/mol. The van der Waals surface area contributed by atoms with Crippen molar-refractivity contribution in [3.8, 4) is 0 Å². The Balaban J connectivity index is 3.09. The van der Waals surface area contributed by atoms with Gasteiger partial charge in [0.2, 0.25) is 0 Å². The molecule has 29 heavy (non-hydrogen) atoms. The lowest BCUT2D eigenvalue weighted by Gasteiger charge is -2.37. The smallest absolute Gasteiger partial charge is 0.357 e. The molecule has 0 spiro atoms. The van der Waals surface area contributed by atoms with E-state index in [1.54, 1.807) is 0 Å². The molecule has 1 aliphatic heterocycles. The van der Waals surface area contributed by atoms with E-state index in [9.17, 15) is 71.7 Å². The minimum Gasteiger partial charge on any atom is -0.357 e. The number of halogens is 14. The molecule has 2 unspecified atom stereocenters. The Kier molecular flexibility index (Phi) is 4.71. The van der Waals surface area contributed by atoms with E-state index in [1.165, 1.54) is 0 Å². The lowest BCUT2D eigenvalue weighted by molar-refractivity contribution is -0.488. The molecule has 0 aliphatic carbocycles. The molecule has 1 aromatic carbocycles. The lowest BCUT2D eigenvalue weighted by atomic mass is 9.90. The molecular weight excluding hydrogens is 458 g/mol. The van der Waals surface area contributed by atoms with Gasteiger partial charge in [-0.1, -0.05) is 0 Å². The molecule has 2 rings (SSSR count). The van der Waals surface area contributed by atoms with Gasteiger partial charge < -0.3 is 10.2 Å². The molecule has 17 heteroatoms. The highest BCUT2D eigenvalue weighted by molar-refractivity contribution is 5.45. The van der Waals surface area contributed by atoms with Crippen molar-refractivity contribution in [2.24, 2.45) is 0 Å². The van der Waals surface area contributed by atoms with Crippen LogP contribution in [0.1, 0.15) is 11.1 Å². The summed E-state index contributed by atoms with van der Waals surface area (Å²) in [6.07, 6.45) is -14.3. The van der Waals surface area contributed by atoms with Gasteiger partial charge in [0, 0.05) is 0 Å². The number of hydrogen-bond donors (Lipinski definition) is 2. The van der Waals surface area contributed by atoms with Crippen molar-refractivity contribution < 1.29 is 76.4 Å². The fraction of sp³-hybridized carbons (Fsp3) is 0.500. The summed E-state index contributed by atoms with van der Waals surface area (Å²) in [6.45, 7) is 0. The van der Waals surface area contributed by atoms with Crippen LogP contribution >= 0.6 is 0 Å². The summed E-state index contributed by atoms with van der Waals surface area (Å²) in [4.78, 5) is 0. The number of rotatable bonds is 2. The van der Waals surface area contributed by atoms with Gasteiger partial charge in [0.05, 0.1) is 11.1 Å². The fourth-order valence-corrected chi connectivity index (χ4v) is 2.41. The van der Waals surface area contributed by atoms with E-state index in [1.807, 2.05) is 0 Å². The molecule has 0 fully saturated rings. The summed E-state index contributed by atoms with van der Waals surface area (Å²) < 4.78 is 187. The number of alkyl halides is 10. The first-order valence-electron chi connectivity index (χ1n) is 6.50. The average Bonchev–Trinajstić information content (AvgIpc) is 2.79. The summed E-state index contributed by atoms with van der Waals surface area (Å²) in [5.74, 6) is -39.8. The van der Waals surface area contributed by atoms with E-state index in [0.717, 1.165) is 0 Å². The van der Waals surface area contributed by atoms with Gasteiger partial charge in [-0.15, -0.1) is 0 Å². The summed E-state index contributed by atoms with van der Waals surface area (Å²) in [7, 11) is 0. The Morgan fingerprint density at radius 3 is 0.966 bits per heavy atom. The number of hydrogen-bond acceptors (Lipinski definition) is 3. The first-order chi connectivity index (χ1) is 12.6. The molecule has 0 aromatic heterocycles. The molecule has 1 aliphatic rings. The van der Waals surface area contributed by atoms with E-state index in [4.69, 9.17) is 0 Å². The molecule has 2 N–H and O–H groups in total. The highest BCUT2D eigenvalue weighted by Gasteiger charge is 2.84. The highest BCUT2D eigenvalue weighted by atomic mass is 19.4. The molecule has 2 atom stereocenters. The van der Waals surface area contributed by atoms with Crippen LogP contribution in [0, 0.1) is 23.3 Å². The van der Waals surface area contributed by atoms with Crippen molar-refractivity contribution in [3.05, 3.63) is 34.4 Å². The van der Waals surface area contributed by atoms with Crippen molar-refractivity contribution in [2.45, 2.75) is 35.8 Å². The molecule has 0 radical (unpaired) electrons. The van der Waals surface area contributed by atoms with Crippen LogP contribution in [0.2, 0.25) is 0 Å². The molecule has 3 nitrogen and oxygen atoms in total. The molecule has 166 valence electrons. The van der Waals surface area contributed by atoms with Crippen LogP contribution < -0.4 is 0 Å². The maximum Gasteiger partial charge on any atom is 0.459 e. The van der Waals surface area contributed by atoms with Crippen LogP contribution in [0.3, 0.4) is 0 Å². The highest BCUT2D eigenvalue weighted by Crippen LogP contribution is 2.63. The molecule has 1 aromatic rings. The normalized spacial score (nSPS) is 26.1. The van der Waals surface area contributed by atoms with E-state index < -0.39 is 70.2 Å². The van der Waals surface area contributed by atoms with E-state index >= 15 is 0 Å². The average molecular weight is 460 g/mol. The maximum absolute atomic E-state index is 13.8. The Labute approximate surface area is 148 Å². The molecular formula is C12H2F14O3. The number of aliphatic hydroxyl groups is 2. The fourth-order valence-electron chi connectivity index (χ4n) is 2.41. The van der Waals surface area contributed by atoms with E-state index in [2.05, 4.69) is 4.74 Å². The van der Waals surface area contributed by atoms with Gasteiger partial charge in [0.1, 0.15) is 0 Å². The van der Waals surface area contributed by atoms with Crippen LogP contribution in [0.5, 0.6) is 0 Å². The summed E-state index contributed by atoms with van der Waals surface area (Å²) in [5.41, 5.74) is -6.72. The predicted octanol–water partition coefficient (Wildman–Crippen LogP) is 3.96. The monoisotopic (exact) mass is 460 g/mol. The van der Waals surface area contributed by atoms with Crippen molar-refractivity contribution in [1.82, 2.24) is 0 Å². The van der Waals surface area contributed by atoms with E-state index in [-0.39, 0.29) is 0 Å². The molecule has 0 bridgehead atoms. The first kappa shape index (κ1) is 23.4. The minimum absolute atomic E-state index is 2.82. The number of benzene rings is 1. The molecule has 1 heterocycles. The van der Waals surface area contributed by atoms with Crippen LogP contribution in [0.25, 0.3) is 0 Å². The van der Waals surface area contributed by atoms with Gasteiger partial charge in [-0.25, -0.2) is 17.6 Å².